The summed E-state index contributed by atoms with van der Waals surface area (Å²) < 4.78 is 32.4. The van der Waals surface area contributed by atoms with Gasteiger partial charge in [-0.3, -0.25) is 4.79 Å². The Morgan fingerprint density at radius 2 is 1.74 bits per heavy atom. The third-order valence-corrected chi connectivity index (χ3v) is 7.13. The van der Waals surface area contributed by atoms with E-state index in [0.717, 1.165) is 24.8 Å². The second-order valence-electron chi connectivity index (χ2n) is 7.57. The van der Waals surface area contributed by atoms with Crippen LogP contribution in [-0.2, 0) is 26.0 Å². The predicted octanol–water partition coefficient (Wildman–Crippen LogP) is 2.77. The van der Waals surface area contributed by atoms with Crippen LogP contribution in [0.1, 0.15) is 42.1 Å². The van der Waals surface area contributed by atoms with Gasteiger partial charge in [-0.25, -0.2) is 13.2 Å². The first-order chi connectivity index (χ1) is 14.9. The number of sulfonamides is 1. The molecule has 1 atom stereocenters. The van der Waals surface area contributed by atoms with Crippen molar-refractivity contribution in [3.05, 3.63) is 65.7 Å². The highest BCUT2D eigenvalue weighted by Crippen LogP contribution is 2.21. The highest BCUT2D eigenvalue weighted by molar-refractivity contribution is 7.89. The number of piperidine rings is 1. The summed E-state index contributed by atoms with van der Waals surface area (Å²) in [7, 11) is -3.65. The zero-order valence-electron chi connectivity index (χ0n) is 17.6. The fourth-order valence-electron chi connectivity index (χ4n) is 3.44. The number of nitrogens with one attached hydrogen (secondary N) is 1. The van der Waals surface area contributed by atoms with Crippen LogP contribution in [0.2, 0.25) is 0 Å². The molecule has 1 aliphatic rings. The molecule has 0 aliphatic carbocycles. The minimum Gasteiger partial charge on any atom is -0.449 e. The normalized spacial score (nSPS) is 15.8. The van der Waals surface area contributed by atoms with Crippen LogP contribution in [0, 0.1) is 0 Å². The van der Waals surface area contributed by atoms with Gasteiger partial charge in [-0.1, -0.05) is 42.8 Å². The minimum absolute atomic E-state index is 0.0591. The molecule has 0 bridgehead atoms. The monoisotopic (exact) mass is 444 g/mol. The third-order valence-electron chi connectivity index (χ3n) is 5.23. The van der Waals surface area contributed by atoms with Crippen LogP contribution in [0.25, 0.3) is 0 Å². The van der Waals surface area contributed by atoms with E-state index in [1.807, 2.05) is 30.3 Å². The number of rotatable bonds is 8. The van der Waals surface area contributed by atoms with Crippen molar-refractivity contribution in [1.82, 2.24) is 9.62 Å². The largest absolute Gasteiger partial charge is 0.449 e. The zero-order chi connectivity index (χ0) is 22.3. The van der Waals surface area contributed by atoms with Gasteiger partial charge in [0, 0.05) is 19.6 Å². The summed E-state index contributed by atoms with van der Waals surface area (Å²) in [5.41, 5.74) is 1.20. The first-order valence-corrected chi connectivity index (χ1v) is 11.9. The first-order valence-electron chi connectivity index (χ1n) is 10.5. The van der Waals surface area contributed by atoms with Crippen molar-refractivity contribution >= 4 is 21.9 Å². The van der Waals surface area contributed by atoms with E-state index in [1.165, 1.54) is 35.5 Å². The van der Waals surface area contributed by atoms with E-state index in [4.69, 9.17) is 4.74 Å². The number of hydrogen-bond donors (Lipinski definition) is 1. The summed E-state index contributed by atoms with van der Waals surface area (Å²) in [6, 6.07) is 15.5. The number of nitrogens with zero attached hydrogens (tertiary/aromatic N) is 1. The molecule has 1 fully saturated rings. The second-order valence-corrected chi connectivity index (χ2v) is 9.50. The fourth-order valence-corrected chi connectivity index (χ4v) is 5.00. The Balaban J connectivity index is 1.57. The topological polar surface area (TPSA) is 92.8 Å². The van der Waals surface area contributed by atoms with Crippen molar-refractivity contribution in [2.24, 2.45) is 0 Å². The molecule has 0 spiro atoms. The lowest BCUT2D eigenvalue weighted by Gasteiger charge is -2.26. The molecule has 2 aromatic carbocycles. The average Bonchev–Trinajstić information content (AvgIpc) is 2.80. The molecular formula is C23H28N2O5S. The van der Waals surface area contributed by atoms with E-state index in [9.17, 15) is 18.0 Å². The molecular weight excluding hydrogens is 416 g/mol. The number of benzene rings is 2. The number of ether oxygens (including phenoxy) is 1. The molecule has 1 N–H and O–H groups in total. The van der Waals surface area contributed by atoms with Gasteiger partial charge in [0.05, 0.1) is 10.5 Å². The molecule has 8 heteroatoms. The van der Waals surface area contributed by atoms with E-state index < -0.39 is 28.0 Å². The molecule has 1 saturated heterocycles. The summed E-state index contributed by atoms with van der Waals surface area (Å²) in [5.74, 6) is -1.14. The molecule has 1 heterocycles. The van der Waals surface area contributed by atoms with Gasteiger partial charge in [0.1, 0.15) is 0 Å². The SMILES string of the molecule is CC(OC(=O)c1cccc(S(=O)(=O)N2CCCCC2)c1)C(=O)NCCc1ccccc1. The van der Waals surface area contributed by atoms with Crippen LogP contribution >= 0.6 is 0 Å². The van der Waals surface area contributed by atoms with E-state index in [-0.39, 0.29) is 10.5 Å². The van der Waals surface area contributed by atoms with Gasteiger partial charge in [0.2, 0.25) is 10.0 Å². The molecule has 7 nitrogen and oxygen atoms in total. The van der Waals surface area contributed by atoms with Crippen molar-refractivity contribution in [2.75, 3.05) is 19.6 Å². The van der Waals surface area contributed by atoms with Crippen LogP contribution in [-0.4, -0.2) is 50.3 Å². The first kappa shape index (κ1) is 23.0. The lowest BCUT2D eigenvalue weighted by Crippen LogP contribution is -2.37. The predicted molar refractivity (Wildman–Crippen MR) is 117 cm³/mol. The Labute approximate surface area is 183 Å². The van der Waals surface area contributed by atoms with Crippen molar-refractivity contribution in [3.63, 3.8) is 0 Å². The van der Waals surface area contributed by atoms with Gasteiger partial charge in [-0.15, -0.1) is 0 Å². The van der Waals surface area contributed by atoms with E-state index >= 15 is 0 Å². The van der Waals surface area contributed by atoms with Crippen molar-refractivity contribution in [1.29, 1.82) is 0 Å². The summed E-state index contributed by atoms with van der Waals surface area (Å²) in [6.07, 6.45) is 2.36. The lowest BCUT2D eigenvalue weighted by atomic mass is 10.1. The molecule has 0 radical (unpaired) electrons. The number of amides is 1. The molecule has 0 aromatic heterocycles. The summed E-state index contributed by atoms with van der Waals surface area (Å²) in [5, 5.41) is 2.75. The maximum absolute atomic E-state index is 12.8. The Morgan fingerprint density at radius 1 is 1.03 bits per heavy atom. The molecule has 1 amide bonds. The Bertz CT molecular complexity index is 1000. The number of esters is 1. The third kappa shape index (κ3) is 6.15. The van der Waals surface area contributed by atoms with E-state index in [0.29, 0.717) is 26.1 Å². The number of carbonyl (C=O) groups is 2. The lowest BCUT2D eigenvalue weighted by molar-refractivity contribution is -0.129. The van der Waals surface area contributed by atoms with Crippen LogP contribution in [0.4, 0.5) is 0 Å². The molecule has 2 aromatic rings. The smallest absolute Gasteiger partial charge is 0.338 e. The van der Waals surface area contributed by atoms with Crippen molar-refractivity contribution in [2.45, 2.75) is 43.6 Å². The highest BCUT2D eigenvalue weighted by atomic mass is 32.2. The quantitative estimate of drug-likeness (QED) is 0.632. The maximum atomic E-state index is 12.8. The fraction of sp³-hybridized carbons (Fsp3) is 0.391. The molecule has 1 unspecified atom stereocenters. The van der Waals surface area contributed by atoms with Crippen molar-refractivity contribution in [3.8, 4) is 0 Å². The van der Waals surface area contributed by atoms with Gasteiger partial charge in [0.15, 0.2) is 6.10 Å². The van der Waals surface area contributed by atoms with E-state index in [2.05, 4.69) is 5.32 Å². The van der Waals surface area contributed by atoms with Gasteiger partial charge in [-0.05, 0) is 49.9 Å². The molecule has 31 heavy (non-hydrogen) atoms. The standard InChI is InChI=1S/C23H28N2O5S/c1-18(22(26)24-14-13-19-9-4-2-5-10-19)30-23(27)20-11-8-12-21(17-20)31(28,29)25-15-6-3-7-16-25/h2,4-5,8-12,17-18H,3,6-7,13-16H2,1H3,(H,24,26). The highest BCUT2D eigenvalue weighted by Gasteiger charge is 2.27. The van der Waals surface area contributed by atoms with Crippen molar-refractivity contribution < 1.29 is 22.7 Å². The average molecular weight is 445 g/mol. The van der Waals surface area contributed by atoms with Crippen LogP contribution in [0.3, 0.4) is 0 Å². The molecule has 166 valence electrons. The summed E-state index contributed by atoms with van der Waals surface area (Å²) in [6.45, 7) is 2.88. The molecule has 1 aliphatic heterocycles. The van der Waals surface area contributed by atoms with Gasteiger partial charge in [-0.2, -0.15) is 4.31 Å². The number of carbonyl (C=O) groups excluding carboxylic acids is 2. The minimum atomic E-state index is -3.65. The van der Waals surface area contributed by atoms with Gasteiger partial charge in [0.25, 0.3) is 5.91 Å². The van der Waals surface area contributed by atoms with Gasteiger partial charge >= 0.3 is 5.97 Å². The molecule has 0 saturated carbocycles. The molecule has 3 rings (SSSR count). The van der Waals surface area contributed by atoms with E-state index in [1.54, 1.807) is 0 Å². The Hall–Kier alpha value is -2.71. The summed E-state index contributed by atoms with van der Waals surface area (Å²) in [4.78, 5) is 24.8. The van der Waals surface area contributed by atoms with Gasteiger partial charge < -0.3 is 10.1 Å². The Morgan fingerprint density at radius 3 is 2.45 bits per heavy atom. The van der Waals surface area contributed by atoms with Crippen LogP contribution in [0.15, 0.2) is 59.5 Å². The summed E-state index contributed by atoms with van der Waals surface area (Å²) >= 11 is 0. The Kier molecular flexibility index (Phi) is 7.81. The van der Waals surface area contributed by atoms with Crippen LogP contribution < -0.4 is 5.32 Å². The number of hydrogen-bond acceptors (Lipinski definition) is 5. The second kappa shape index (κ2) is 10.5. The zero-order valence-corrected chi connectivity index (χ0v) is 18.4. The van der Waals surface area contributed by atoms with Crippen LogP contribution in [0.5, 0.6) is 0 Å². The maximum Gasteiger partial charge on any atom is 0.338 e.